The van der Waals surface area contributed by atoms with E-state index < -0.39 is 0 Å². The van der Waals surface area contributed by atoms with Gasteiger partial charge in [0.15, 0.2) is 0 Å². The van der Waals surface area contributed by atoms with Crippen molar-refractivity contribution in [3.05, 3.63) is 28.8 Å². The lowest BCUT2D eigenvalue weighted by Crippen LogP contribution is -2.19. The van der Waals surface area contributed by atoms with Crippen LogP contribution in [0.5, 0.6) is 0 Å². The number of rotatable bonds is 3. The molecule has 0 aromatic heterocycles. The number of fused-ring (bicyclic) bond motifs is 2. The number of hydrogen-bond donors (Lipinski definition) is 1. The van der Waals surface area contributed by atoms with E-state index in [4.69, 9.17) is 22.1 Å². The summed E-state index contributed by atoms with van der Waals surface area (Å²) in [5.41, 5.74) is 6.46. The average Bonchev–Trinajstić information content (AvgIpc) is 3.01. The van der Waals surface area contributed by atoms with Crippen LogP contribution in [0.25, 0.3) is 0 Å². The topological polar surface area (TPSA) is 52.3 Å². The Morgan fingerprint density at radius 2 is 2.21 bits per heavy atom. The third-order valence-corrected chi connectivity index (χ3v) is 4.98. The smallest absolute Gasteiger partial charge is 0.339 e. The van der Waals surface area contributed by atoms with Crippen LogP contribution in [0.4, 0.5) is 5.69 Å². The summed E-state index contributed by atoms with van der Waals surface area (Å²) in [6.07, 6.45) is 5.19. The first-order valence-electron chi connectivity index (χ1n) is 6.86. The molecule has 0 spiro atoms. The molecule has 2 fully saturated rings. The Morgan fingerprint density at radius 3 is 2.89 bits per heavy atom. The first kappa shape index (κ1) is 12.8. The van der Waals surface area contributed by atoms with E-state index in [-0.39, 0.29) is 5.97 Å². The molecule has 3 nitrogen and oxygen atoms in total. The molecule has 102 valence electrons. The second-order valence-corrected chi connectivity index (χ2v) is 6.12. The van der Waals surface area contributed by atoms with Crippen LogP contribution in [-0.4, -0.2) is 12.6 Å². The zero-order valence-corrected chi connectivity index (χ0v) is 11.5. The van der Waals surface area contributed by atoms with Gasteiger partial charge in [0.05, 0.1) is 22.9 Å². The monoisotopic (exact) mass is 279 g/mol. The summed E-state index contributed by atoms with van der Waals surface area (Å²) in [5.74, 6) is 1.81. The van der Waals surface area contributed by atoms with Crippen molar-refractivity contribution in [2.24, 2.45) is 17.8 Å². The largest absolute Gasteiger partial charge is 0.462 e. The molecule has 2 aliphatic carbocycles. The van der Waals surface area contributed by atoms with E-state index >= 15 is 0 Å². The minimum atomic E-state index is -0.361. The maximum Gasteiger partial charge on any atom is 0.339 e. The fraction of sp³-hybridized carbons (Fsp3) is 0.533. The summed E-state index contributed by atoms with van der Waals surface area (Å²) >= 11 is 6.02. The highest BCUT2D eigenvalue weighted by atomic mass is 35.5. The van der Waals surface area contributed by atoms with Gasteiger partial charge >= 0.3 is 5.97 Å². The molecular formula is C15H18ClNO2. The molecule has 2 bridgehead atoms. The summed E-state index contributed by atoms with van der Waals surface area (Å²) in [6.45, 7) is 0.519. The summed E-state index contributed by atoms with van der Waals surface area (Å²) < 4.78 is 5.42. The molecule has 2 aliphatic rings. The van der Waals surface area contributed by atoms with Gasteiger partial charge < -0.3 is 10.5 Å². The Kier molecular flexibility index (Phi) is 3.40. The Morgan fingerprint density at radius 1 is 1.37 bits per heavy atom. The minimum absolute atomic E-state index is 0.292. The summed E-state index contributed by atoms with van der Waals surface area (Å²) in [6, 6.07) is 5.05. The molecule has 0 saturated heterocycles. The lowest BCUT2D eigenvalue weighted by Gasteiger charge is -2.21. The van der Waals surface area contributed by atoms with Gasteiger partial charge in [0.1, 0.15) is 0 Å². The van der Waals surface area contributed by atoms with Gasteiger partial charge in [0, 0.05) is 0 Å². The Labute approximate surface area is 118 Å². The van der Waals surface area contributed by atoms with Gasteiger partial charge in [-0.1, -0.05) is 24.1 Å². The number of benzene rings is 1. The average molecular weight is 280 g/mol. The number of anilines is 1. The van der Waals surface area contributed by atoms with Crippen molar-refractivity contribution < 1.29 is 9.53 Å². The van der Waals surface area contributed by atoms with Crippen LogP contribution in [0.1, 0.15) is 36.0 Å². The number of carbonyl (C=O) groups excluding carboxylic acids is 1. The number of carbonyl (C=O) groups is 1. The van der Waals surface area contributed by atoms with Gasteiger partial charge in [-0.25, -0.2) is 4.79 Å². The molecule has 0 radical (unpaired) electrons. The van der Waals surface area contributed by atoms with Gasteiger partial charge in [0.25, 0.3) is 0 Å². The molecule has 1 aromatic carbocycles. The molecule has 0 amide bonds. The van der Waals surface area contributed by atoms with Gasteiger partial charge in [-0.15, -0.1) is 0 Å². The number of nitrogen functional groups attached to an aromatic ring is 1. The molecule has 4 heteroatoms. The van der Waals surface area contributed by atoms with Crippen molar-refractivity contribution in [1.29, 1.82) is 0 Å². The molecule has 3 rings (SSSR count). The Balaban J connectivity index is 1.61. The first-order valence-corrected chi connectivity index (χ1v) is 7.24. The SMILES string of the molecule is Nc1cccc(C(=O)OCC2CC3CCC2C3)c1Cl. The van der Waals surface area contributed by atoms with Gasteiger partial charge in [0.2, 0.25) is 0 Å². The molecule has 19 heavy (non-hydrogen) atoms. The highest BCUT2D eigenvalue weighted by Crippen LogP contribution is 2.48. The van der Waals surface area contributed by atoms with Crippen LogP contribution in [0.2, 0.25) is 5.02 Å². The van der Waals surface area contributed by atoms with Crippen LogP contribution in [0, 0.1) is 17.8 Å². The lowest BCUT2D eigenvalue weighted by atomic mass is 9.89. The Bertz CT molecular complexity index is 503. The van der Waals surface area contributed by atoms with Crippen molar-refractivity contribution in [2.75, 3.05) is 12.3 Å². The predicted molar refractivity (Wildman–Crippen MR) is 75.1 cm³/mol. The molecule has 1 aromatic rings. The fourth-order valence-electron chi connectivity index (χ4n) is 3.55. The minimum Gasteiger partial charge on any atom is -0.462 e. The van der Waals surface area contributed by atoms with Crippen LogP contribution < -0.4 is 5.73 Å². The number of ether oxygens (including phenoxy) is 1. The third-order valence-electron chi connectivity index (χ3n) is 4.56. The zero-order chi connectivity index (χ0) is 13.4. The maximum atomic E-state index is 12.0. The van der Waals surface area contributed by atoms with E-state index in [0.29, 0.717) is 28.8 Å². The second kappa shape index (κ2) is 5.04. The normalized spacial score (nSPS) is 28.6. The van der Waals surface area contributed by atoms with E-state index in [1.165, 1.54) is 25.7 Å². The van der Waals surface area contributed by atoms with E-state index in [2.05, 4.69) is 0 Å². The van der Waals surface area contributed by atoms with Crippen molar-refractivity contribution in [2.45, 2.75) is 25.7 Å². The van der Waals surface area contributed by atoms with Crippen LogP contribution in [0.3, 0.4) is 0 Å². The molecule has 3 unspecified atom stereocenters. The van der Waals surface area contributed by atoms with Crippen molar-refractivity contribution in [3.8, 4) is 0 Å². The maximum absolute atomic E-state index is 12.0. The van der Waals surface area contributed by atoms with Gasteiger partial charge in [-0.2, -0.15) is 0 Å². The second-order valence-electron chi connectivity index (χ2n) is 5.74. The third kappa shape index (κ3) is 2.44. The van der Waals surface area contributed by atoms with Crippen LogP contribution in [-0.2, 0) is 4.74 Å². The number of esters is 1. The van der Waals surface area contributed by atoms with Crippen molar-refractivity contribution >= 4 is 23.3 Å². The summed E-state index contributed by atoms with van der Waals surface area (Å²) in [7, 11) is 0. The van der Waals surface area contributed by atoms with E-state index in [9.17, 15) is 4.79 Å². The number of halogens is 1. The standard InChI is InChI=1S/C15H18ClNO2/c16-14-12(2-1-3-13(14)17)15(18)19-8-11-7-9-4-5-10(11)6-9/h1-3,9-11H,4-8,17H2. The quantitative estimate of drug-likeness (QED) is 0.680. The van der Waals surface area contributed by atoms with Crippen LogP contribution in [0.15, 0.2) is 18.2 Å². The molecule has 0 aliphatic heterocycles. The number of nitrogens with two attached hydrogens (primary N) is 1. The lowest BCUT2D eigenvalue weighted by molar-refractivity contribution is 0.0394. The molecule has 2 N–H and O–H groups in total. The van der Waals surface area contributed by atoms with Crippen molar-refractivity contribution in [3.63, 3.8) is 0 Å². The van der Waals surface area contributed by atoms with Gasteiger partial charge in [-0.3, -0.25) is 0 Å². The highest BCUT2D eigenvalue weighted by Gasteiger charge is 2.39. The molecule has 2 saturated carbocycles. The van der Waals surface area contributed by atoms with E-state index in [1.807, 2.05) is 0 Å². The molecular weight excluding hydrogens is 262 g/mol. The van der Waals surface area contributed by atoms with Crippen LogP contribution >= 0.6 is 11.6 Å². The summed E-state index contributed by atoms with van der Waals surface area (Å²) in [4.78, 5) is 12.0. The predicted octanol–water partition coefficient (Wildman–Crippen LogP) is 3.52. The van der Waals surface area contributed by atoms with E-state index in [1.54, 1.807) is 18.2 Å². The summed E-state index contributed by atoms with van der Waals surface area (Å²) in [5, 5.41) is 0.292. The molecule has 0 heterocycles. The highest BCUT2D eigenvalue weighted by molar-refractivity contribution is 6.36. The first-order chi connectivity index (χ1) is 9.15. The number of hydrogen-bond acceptors (Lipinski definition) is 3. The Hall–Kier alpha value is -1.22. The molecule has 3 atom stereocenters. The fourth-order valence-corrected chi connectivity index (χ4v) is 3.75. The van der Waals surface area contributed by atoms with Crippen molar-refractivity contribution in [1.82, 2.24) is 0 Å². The van der Waals surface area contributed by atoms with E-state index in [0.717, 1.165) is 11.8 Å². The van der Waals surface area contributed by atoms with Gasteiger partial charge in [-0.05, 0) is 49.1 Å². The zero-order valence-electron chi connectivity index (χ0n) is 10.8.